The van der Waals surface area contributed by atoms with E-state index in [0.717, 1.165) is 22.4 Å². The molecule has 0 radical (unpaired) electrons. The van der Waals surface area contributed by atoms with Gasteiger partial charge in [0.05, 0.1) is 5.69 Å². The number of nitrogens with one attached hydrogen (secondary N) is 2. The van der Waals surface area contributed by atoms with Crippen molar-refractivity contribution in [1.82, 2.24) is 9.97 Å². The van der Waals surface area contributed by atoms with Crippen LogP contribution in [0.2, 0.25) is 0 Å². The minimum atomic E-state index is -0.145. The van der Waals surface area contributed by atoms with E-state index < -0.39 is 0 Å². The number of carbonyl (C=O) groups is 1. The third kappa shape index (κ3) is 3.00. The summed E-state index contributed by atoms with van der Waals surface area (Å²) in [6.07, 6.45) is 1.79. The highest BCUT2D eigenvalue weighted by molar-refractivity contribution is 5.87. The average molecular weight is 277 g/mol. The Bertz CT molecular complexity index is 762. The van der Waals surface area contributed by atoms with Crippen molar-refractivity contribution >= 4 is 11.9 Å². The Morgan fingerprint density at radius 3 is 2.48 bits per heavy atom. The molecule has 0 aliphatic heterocycles. The van der Waals surface area contributed by atoms with Crippen LogP contribution in [0.4, 0.5) is 5.95 Å². The lowest BCUT2D eigenvalue weighted by Gasteiger charge is -2.03. The van der Waals surface area contributed by atoms with Gasteiger partial charge in [-0.1, -0.05) is 48.5 Å². The molecule has 0 saturated carbocycles. The third-order valence-electron chi connectivity index (χ3n) is 3.14. The molecule has 2 N–H and O–H groups in total. The molecule has 0 spiro atoms. The number of hydrogen-bond acceptors (Lipinski definition) is 2. The highest BCUT2D eigenvalue weighted by Crippen LogP contribution is 2.25. The molecule has 0 atom stereocenters. The van der Waals surface area contributed by atoms with E-state index in [1.54, 1.807) is 6.20 Å². The fourth-order valence-corrected chi connectivity index (χ4v) is 2.19. The molecule has 0 unspecified atom stereocenters. The van der Waals surface area contributed by atoms with Crippen molar-refractivity contribution in [2.24, 2.45) is 0 Å². The van der Waals surface area contributed by atoms with Gasteiger partial charge in [0.2, 0.25) is 11.9 Å². The summed E-state index contributed by atoms with van der Waals surface area (Å²) in [4.78, 5) is 18.3. The summed E-state index contributed by atoms with van der Waals surface area (Å²) in [5.41, 5.74) is 4.11. The van der Waals surface area contributed by atoms with Gasteiger partial charge in [-0.3, -0.25) is 10.1 Å². The predicted octanol–water partition coefficient (Wildman–Crippen LogP) is 3.70. The van der Waals surface area contributed by atoms with Gasteiger partial charge < -0.3 is 4.98 Å². The summed E-state index contributed by atoms with van der Waals surface area (Å²) in [7, 11) is 0. The highest BCUT2D eigenvalue weighted by Gasteiger charge is 2.06. The van der Waals surface area contributed by atoms with Crippen molar-refractivity contribution in [3.8, 4) is 22.4 Å². The number of H-pyrrole nitrogens is 1. The van der Waals surface area contributed by atoms with E-state index in [0.29, 0.717) is 5.95 Å². The molecule has 1 amide bonds. The first-order valence-corrected chi connectivity index (χ1v) is 6.71. The van der Waals surface area contributed by atoms with Gasteiger partial charge in [0.1, 0.15) is 0 Å². The molecule has 104 valence electrons. The number of anilines is 1. The number of imidazole rings is 1. The number of aromatic nitrogens is 2. The molecule has 4 nitrogen and oxygen atoms in total. The zero-order chi connectivity index (χ0) is 14.7. The molecule has 21 heavy (non-hydrogen) atoms. The molecule has 3 rings (SSSR count). The van der Waals surface area contributed by atoms with Crippen LogP contribution in [-0.2, 0) is 4.79 Å². The minimum absolute atomic E-state index is 0.145. The summed E-state index contributed by atoms with van der Waals surface area (Å²) >= 11 is 0. The number of amides is 1. The molecule has 1 heterocycles. The second-order valence-electron chi connectivity index (χ2n) is 4.76. The van der Waals surface area contributed by atoms with Crippen LogP contribution in [0.5, 0.6) is 0 Å². The van der Waals surface area contributed by atoms with Crippen LogP contribution < -0.4 is 5.32 Å². The van der Waals surface area contributed by atoms with Gasteiger partial charge in [0, 0.05) is 18.7 Å². The van der Waals surface area contributed by atoms with E-state index in [1.165, 1.54) is 6.92 Å². The Kier molecular flexibility index (Phi) is 3.51. The Balaban J connectivity index is 1.93. The maximum absolute atomic E-state index is 11.0. The molecule has 4 heteroatoms. The molecule has 0 fully saturated rings. The monoisotopic (exact) mass is 277 g/mol. The molecule has 0 bridgehead atoms. The Labute approximate surface area is 122 Å². The lowest BCUT2D eigenvalue weighted by Crippen LogP contribution is -2.06. The van der Waals surface area contributed by atoms with Crippen molar-refractivity contribution in [2.45, 2.75) is 6.92 Å². The van der Waals surface area contributed by atoms with Gasteiger partial charge in [0.15, 0.2) is 0 Å². The molecule has 0 aliphatic carbocycles. The number of hydrogen-bond donors (Lipinski definition) is 2. The van der Waals surface area contributed by atoms with E-state index in [-0.39, 0.29) is 5.91 Å². The van der Waals surface area contributed by atoms with Crippen molar-refractivity contribution < 1.29 is 4.79 Å². The minimum Gasteiger partial charge on any atom is -0.330 e. The number of carbonyl (C=O) groups excluding carboxylic acids is 1. The fraction of sp³-hybridized carbons (Fsp3) is 0.0588. The first-order chi connectivity index (χ1) is 10.2. The van der Waals surface area contributed by atoms with E-state index in [1.807, 2.05) is 30.3 Å². The van der Waals surface area contributed by atoms with Crippen LogP contribution in [0.1, 0.15) is 6.92 Å². The second kappa shape index (κ2) is 5.63. The molecular weight excluding hydrogens is 262 g/mol. The Morgan fingerprint density at radius 1 is 1.00 bits per heavy atom. The van der Waals surface area contributed by atoms with Gasteiger partial charge in [-0.15, -0.1) is 0 Å². The van der Waals surface area contributed by atoms with Crippen LogP contribution in [-0.4, -0.2) is 15.9 Å². The van der Waals surface area contributed by atoms with Crippen molar-refractivity contribution in [3.63, 3.8) is 0 Å². The normalized spacial score (nSPS) is 10.3. The summed E-state index contributed by atoms with van der Waals surface area (Å²) in [6.45, 7) is 1.46. The zero-order valence-corrected chi connectivity index (χ0v) is 11.6. The van der Waals surface area contributed by atoms with E-state index in [2.05, 4.69) is 39.6 Å². The summed E-state index contributed by atoms with van der Waals surface area (Å²) in [5.74, 6) is 0.316. The molecule has 0 aliphatic rings. The quantitative estimate of drug-likeness (QED) is 0.767. The van der Waals surface area contributed by atoms with Gasteiger partial charge >= 0.3 is 0 Å². The summed E-state index contributed by atoms with van der Waals surface area (Å²) in [6, 6.07) is 18.4. The van der Waals surface area contributed by atoms with Crippen molar-refractivity contribution in [3.05, 3.63) is 60.8 Å². The summed E-state index contributed by atoms with van der Waals surface area (Å²) in [5, 5.41) is 2.64. The Morgan fingerprint density at radius 2 is 1.71 bits per heavy atom. The van der Waals surface area contributed by atoms with Gasteiger partial charge in [-0.25, -0.2) is 4.98 Å². The van der Waals surface area contributed by atoms with Crippen LogP contribution in [0, 0.1) is 0 Å². The first kappa shape index (κ1) is 13.1. The smallest absolute Gasteiger partial charge is 0.223 e. The lowest BCUT2D eigenvalue weighted by molar-refractivity contribution is -0.114. The molecular formula is C17H15N3O. The van der Waals surface area contributed by atoms with Gasteiger partial charge in [0.25, 0.3) is 0 Å². The molecule has 3 aromatic rings. The standard InChI is InChI=1S/C17H15N3O/c1-12(21)19-17-18-11-16(20-17)15-9-5-8-14(10-15)13-6-3-2-4-7-13/h2-11H,1H3,(H2,18,19,20,21). The van der Waals surface area contributed by atoms with Crippen LogP contribution in [0.25, 0.3) is 22.4 Å². The predicted molar refractivity (Wildman–Crippen MR) is 83.8 cm³/mol. The van der Waals surface area contributed by atoms with E-state index in [4.69, 9.17) is 0 Å². The fourth-order valence-electron chi connectivity index (χ4n) is 2.19. The van der Waals surface area contributed by atoms with Crippen molar-refractivity contribution in [2.75, 3.05) is 5.32 Å². The van der Waals surface area contributed by atoms with Gasteiger partial charge in [-0.2, -0.15) is 0 Å². The molecule has 1 aromatic heterocycles. The summed E-state index contributed by atoms with van der Waals surface area (Å²) < 4.78 is 0. The maximum atomic E-state index is 11.0. The SMILES string of the molecule is CC(=O)Nc1nc(-c2cccc(-c3ccccc3)c2)c[nH]1. The number of aromatic amines is 1. The van der Waals surface area contributed by atoms with Crippen LogP contribution in [0.3, 0.4) is 0 Å². The van der Waals surface area contributed by atoms with Crippen LogP contribution in [0.15, 0.2) is 60.8 Å². The van der Waals surface area contributed by atoms with E-state index >= 15 is 0 Å². The Hall–Kier alpha value is -2.88. The van der Waals surface area contributed by atoms with Crippen LogP contribution >= 0.6 is 0 Å². The maximum Gasteiger partial charge on any atom is 0.223 e. The van der Waals surface area contributed by atoms with Crippen molar-refractivity contribution in [1.29, 1.82) is 0 Å². The first-order valence-electron chi connectivity index (χ1n) is 6.71. The highest BCUT2D eigenvalue weighted by atomic mass is 16.1. The molecule has 0 saturated heterocycles. The second-order valence-corrected chi connectivity index (χ2v) is 4.76. The molecule has 2 aromatic carbocycles. The number of benzene rings is 2. The largest absolute Gasteiger partial charge is 0.330 e. The zero-order valence-electron chi connectivity index (χ0n) is 11.6. The average Bonchev–Trinajstić information content (AvgIpc) is 2.96. The lowest BCUT2D eigenvalue weighted by atomic mass is 10.0. The number of nitrogens with zero attached hydrogens (tertiary/aromatic N) is 1. The number of rotatable bonds is 3. The third-order valence-corrected chi connectivity index (χ3v) is 3.14. The topological polar surface area (TPSA) is 57.8 Å². The van der Waals surface area contributed by atoms with Gasteiger partial charge in [-0.05, 0) is 17.2 Å². The van der Waals surface area contributed by atoms with E-state index in [9.17, 15) is 4.79 Å².